The van der Waals surface area contributed by atoms with Gasteiger partial charge < -0.3 is 9.84 Å². The molecule has 0 aliphatic rings. The second kappa shape index (κ2) is 4.91. The van der Waals surface area contributed by atoms with E-state index in [2.05, 4.69) is 5.10 Å². The molecule has 1 N–H and O–H groups in total. The molecule has 0 spiro atoms. The topological polar surface area (TPSA) is 64.4 Å². The van der Waals surface area contributed by atoms with Crippen LogP contribution in [0.15, 0.2) is 30.6 Å². The third-order valence-corrected chi connectivity index (χ3v) is 2.72. The third kappa shape index (κ3) is 2.20. The van der Waals surface area contributed by atoms with Crippen LogP contribution in [0.3, 0.4) is 0 Å². The smallest absolute Gasteiger partial charge is 0.335 e. The zero-order valence-corrected chi connectivity index (χ0v) is 10.3. The second-order valence-corrected chi connectivity index (χ2v) is 3.80. The summed E-state index contributed by atoms with van der Waals surface area (Å²) in [5, 5.41) is 13.1. The van der Waals surface area contributed by atoms with Gasteiger partial charge in [-0.2, -0.15) is 5.10 Å². The van der Waals surface area contributed by atoms with Gasteiger partial charge in [-0.3, -0.25) is 4.68 Å². The predicted molar refractivity (Wildman–Crippen MR) is 66.8 cm³/mol. The molecule has 1 aromatic carbocycles. The molecule has 94 valence electrons. The molecule has 5 nitrogen and oxygen atoms in total. The van der Waals surface area contributed by atoms with Crippen LogP contribution < -0.4 is 4.74 Å². The molecule has 0 saturated heterocycles. The molecule has 1 aromatic heterocycles. The highest BCUT2D eigenvalue weighted by Crippen LogP contribution is 2.30. The first-order valence-corrected chi connectivity index (χ1v) is 5.60. The molecule has 0 amide bonds. The van der Waals surface area contributed by atoms with Gasteiger partial charge in [0.1, 0.15) is 5.75 Å². The van der Waals surface area contributed by atoms with Crippen molar-refractivity contribution in [2.45, 2.75) is 13.5 Å². The largest absolute Gasteiger partial charge is 0.496 e. The fourth-order valence-electron chi connectivity index (χ4n) is 1.74. The molecular formula is C13H14N2O3. The average molecular weight is 246 g/mol. The van der Waals surface area contributed by atoms with E-state index in [0.29, 0.717) is 5.75 Å². The first-order valence-electron chi connectivity index (χ1n) is 5.60. The summed E-state index contributed by atoms with van der Waals surface area (Å²) in [6, 6.07) is 4.81. The molecule has 5 heteroatoms. The highest BCUT2D eigenvalue weighted by Gasteiger charge is 2.11. The number of rotatable bonds is 4. The summed E-state index contributed by atoms with van der Waals surface area (Å²) in [6.45, 7) is 2.79. The lowest BCUT2D eigenvalue weighted by Crippen LogP contribution is -1.97. The minimum Gasteiger partial charge on any atom is -0.496 e. The van der Waals surface area contributed by atoms with Crippen molar-refractivity contribution in [3.8, 4) is 16.9 Å². The number of nitrogens with zero attached hydrogens (tertiary/aromatic N) is 2. The molecule has 0 aliphatic carbocycles. The van der Waals surface area contributed by atoms with Crippen molar-refractivity contribution in [3.63, 3.8) is 0 Å². The van der Waals surface area contributed by atoms with Crippen molar-refractivity contribution in [2.24, 2.45) is 0 Å². The number of hydrogen-bond acceptors (Lipinski definition) is 3. The molecule has 0 bridgehead atoms. The molecule has 2 aromatic rings. The number of methoxy groups -OCH3 is 1. The van der Waals surface area contributed by atoms with Crippen molar-refractivity contribution in [3.05, 3.63) is 36.2 Å². The Bertz CT molecular complexity index is 575. The minimum absolute atomic E-state index is 0.207. The van der Waals surface area contributed by atoms with Gasteiger partial charge in [0, 0.05) is 23.9 Å². The Balaban J connectivity index is 2.47. The minimum atomic E-state index is -0.968. The third-order valence-electron chi connectivity index (χ3n) is 2.72. The zero-order valence-electron chi connectivity index (χ0n) is 10.3. The fourth-order valence-corrected chi connectivity index (χ4v) is 1.74. The van der Waals surface area contributed by atoms with Crippen molar-refractivity contribution < 1.29 is 14.6 Å². The molecule has 0 unspecified atom stereocenters. The number of benzene rings is 1. The van der Waals surface area contributed by atoms with Crippen LogP contribution in [0.25, 0.3) is 11.1 Å². The Morgan fingerprint density at radius 2 is 2.28 bits per heavy atom. The van der Waals surface area contributed by atoms with Gasteiger partial charge in [-0.05, 0) is 25.1 Å². The molecule has 0 fully saturated rings. The molecular weight excluding hydrogens is 232 g/mol. The number of carbonyl (C=O) groups is 1. The Kier molecular flexibility index (Phi) is 3.32. The van der Waals surface area contributed by atoms with Gasteiger partial charge in [-0.25, -0.2) is 4.79 Å². The van der Waals surface area contributed by atoms with Gasteiger partial charge in [0.25, 0.3) is 0 Å². The van der Waals surface area contributed by atoms with Crippen LogP contribution >= 0.6 is 0 Å². The molecule has 2 rings (SSSR count). The summed E-state index contributed by atoms with van der Waals surface area (Å²) in [4.78, 5) is 10.9. The van der Waals surface area contributed by atoms with Crippen LogP contribution in [-0.2, 0) is 6.54 Å². The lowest BCUT2D eigenvalue weighted by Gasteiger charge is -2.07. The van der Waals surface area contributed by atoms with E-state index in [4.69, 9.17) is 9.84 Å². The summed E-state index contributed by atoms with van der Waals surface area (Å²) in [5.74, 6) is -0.436. The van der Waals surface area contributed by atoms with Gasteiger partial charge in [-0.15, -0.1) is 0 Å². The predicted octanol–water partition coefficient (Wildman–Crippen LogP) is 2.28. The van der Waals surface area contributed by atoms with E-state index in [1.807, 2.05) is 13.1 Å². The Hall–Kier alpha value is -2.30. The first-order chi connectivity index (χ1) is 8.65. The standard InChI is InChI=1S/C13H14N2O3/c1-3-15-8-10(7-14-15)11-5-4-9(13(16)17)6-12(11)18-2/h4-8H,3H2,1-2H3,(H,16,17). The number of hydrogen-bond donors (Lipinski definition) is 1. The van der Waals surface area contributed by atoms with E-state index < -0.39 is 5.97 Å². The van der Waals surface area contributed by atoms with Crippen molar-refractivity contribution >= 4 is 5.97 Å². The summed E-state index contributed by atoms with van der Waals surface area (Å²) < 4.78 is 7.04. The van der Waals surface area contributed by atoms with Gasteiger partial charge in [0.2, 0.25) is 0 Å². The van der Waals surface area contributed by atoms with Crippen LogP contribution in [0.5, 0.6) is 5.75 Å². The Labute approximate surface area is 105 Å². The number of aryl methyl sites for hydroxylation is 1. The maximum absolute atomic E-state index is 10.9. The first kappa shape index (κ1) is 12.2. The quantitative estimate of drug-likeness (QED) is 0.898. The van der Waals surface area contributed by atoms with Gasteiger partial charge in [0.15, 0.2) is 0 Å². The molecule has 0 atom stereocenters. The van der Waals surface area contributed by atoms with E-state index >= 15 is 0 Å². The van der Waals surface area contributed by atoms with Crippen LogP contribution in [0.2, 0.25) is 0 Å². The highest BCUT2D eigenvalue weighted by molar-refractivity contribution is 5.89. The van der Waals surface area contributed by atoms with Crippen LogP contribution in [0.4, 0.5) is 0 Å². The maximum atomic E-state index is 10.9. The molecule has 0 radical (unpaired) electrons. The van der Waals surface area contributed by atoms with E-state index in [9.17, 15) is 4.79 Å². The average Bonchev–Trinajstić information content (AvgIpc) is 2.86. The number of ether oxygens (including phenoxy) is 1. The van der Waals surface area contributed by atoms with Gasteiger partial charge >= 0.3 is 5.97 Å². The molecule has 0 aliphatic heterocycles. The second-order valence-electron chi connectivity index (χ2n) is 3.80. The number of carboxylic acid groups (broad SMARTS) is 1. The highest BCUT2D eigenvalue weighted by atomic mass is 16.5. The van der Waals surface area contributed by atoms with E-state index in [-0.39, 0.29) is 5.56 Å². The monoisotopic (exact) mass is 246 g/mol. The fraction of sp³-hybridized carbons (Fsp3) is 0.231. The van der Waals surface area contributed by atoms with Crippen LogP contribution in [-0.4, -0.2) is 28.0 Å². The number of aromatic carboxylic acids is 1. The summed E-state index contributed by atoms with van der Waals surface area (Å²) >= 11 is 0. The normalized spacial score (nSPS) is 10.3. The molecule has 18 heavy (non-hydrogen) atoms. The summed E-state index contributed by atoms with van der Waals surface area (Å²) in [7, 11) is 1.52. The van der Waals surface area contributed by atoms with Crippen LogP contribution in [0, 0.1) is 0 Å². The number of aromatic nitrogens is 2. The Morgan fingerprint density at radius 1 is 1.50 bits per heavy atom. The van der Waals surface area contributed by atoms with Gasteiger partial charge in [-0.1, -0.05) is 0 Å². The lowest BCUT2D eigenvalue weighted by atomic mass is 10.1. The van der Waals surface area contributed by atoms with Crippen molar-refractivity contribution in [2.75, 3.05) is 7.11 Å². The Morgan fingerprint density at radius 3 is 2.83 bits per heavy atom. The molecule has 0 saturated carbocycles. The SMILES string of the molecule is CCn1cc(-c2ccc(C(=O)O)cc2OC)cn1. The van der Waals surface area contributed by atoms with Crippen molar-refractivity contribution in [1.82, 2.24) is 9.78 Å². The van der Waals surface area contributed by atoms with Gasteiger partial charge in [0.05, 0.1) is 18.9 Å². The van der Waals surface area contributed by atoms with Crippen molar-refractivity contribution in [1.29, 1.82) is 0 Å². The summed E-state index contributed by atoms with van der Waals surface area (Å²) in [5.41, 5.74) is 1.95. The number of carboxylic acids is 1. The summed E-state index contributed by atoms with van der Waals surface area (Å²) in [6.07, 6.45) is 3.64. The van der Waals surface area contributed by atoms with E-state index in [0.717, 1.165) is 17.7 Å². The maximum Gasteiger partial charge on any atom is 0.335 e. The van der Waals surface area contributed by atoms with E-state index in [1.54, 1.807) is 23.0 Å². The van der Waals surface area contributed by atoms with Crippen LogP contribution in [0.1, 0.15) is 17.3 Å². The lowest BCUT2D eigenvalue weighted by molar-refractivity contribution is 0.0696. The zero-order chi connectivity index (χ0) is 13.1. The van der Waals surface area contributed by atoms with E-state index in [1.165, 1.54) is 13.2 Å². The molecule has 1 heterocycles.